The lowest BCUT2D eigenvalue weighted by Gasteiger charge is -2.14. The van der Waals surface area contributed by atoms with Crippen molar-refractivity contribution in [2.24, 2.45) is 0 Å². The molecule has 0 amide bonds. The van der Waals surface area contributed by atoms with Crippen LogP contribution in [0, 0.1) is 0 Å². The van der Waals surface area contributed by atoms with Gasteiger partial charge in [0.05, 0.1) is 24.9 Å². The molecule has 0 bridgehead atoms. The first-order chi connectivity index (χ1) is 8.88. The van der Waals surface area contributed by atoms with E-state index in [0.29, 0.717) is 6.10 Å². The van der Waals surface area contributed by atoms with Crippen LogP contribution < -0.4 is 5.32 Å². The van der Waals surface area contributed by atoms with Crippen molar-refractivity contribution in [2.45, 2.75) is 57.7 Å². The van der Waals surface area contributed by atoms with E-state index in [2.05, 4.69) is 15.6 Å². The third-order valence-corrected chi connectivity index (χ3v) is 3.42. The molecule has 5 heteroatoms. The molecule has 1 aliphatic carbocycles. The molecule has 5 nitrogen and oxygen atoms in total. The topological polar surface area (TPSA) is 52.0 Å². The number of aromatic nitrogens is 3. The third-order valence-electron chi connectivity index (χ3n) is 3.42. The predicted molar refractivity (Wildman–Crippen MR) is 70.2 cm³/mol. The van der Waals surface area contributed by atoms with Gasteiger partial charge in [0.25, 0.3) is 0 Å². The fourth-order valence-electron chi connectivity index (χ4n) is 2.43. The largest absolute Gasteiger partial charge is 0.376 e. The molecule has 1 fully saturated rings. The molecular weight excluding hydrogens is 228 g/mol. The maximum atomic E-state index is 5.93. The second-order valence-corrected chi connectivity index (χ2v) is 4.99. The third kappa shape index (κ3) is 4.38. The van der Waals surface area contributed by atoms with Gasteiger partial charge in [0.2, 0.25) is 0 Å². The summed E-state index contributed by atoms with van der Waals surface area (Å²) in [4.78, 5) is 0. The van der Waals surface area contributed by atoms with Crippen molar-refractivity contribution in [3.63, 3.8) is 0 Å². The van der Waals surface area contributed by atoms with Crippen LogP contribution in [-0.2, 0) is 17.8 Å². The lowest BCUT2D eigenvalue weighted by molar-refractivity contribution is 0.0367. The van der Waals surface area contributed by atoms with E-state index in [1.54, 1.807) is 0 Å². The molecule has 1 N–H and O–H groups in total. The molecule has 102 valence electrons. The van der Waals surface area contributed by atoms with Crippen LogP contribution in [0.3, 0.4) is 0 Å². The first-order valence-electron chi connectivity index (χ1n) is 7.03. The summed E-state index contributed by atoms with van der Waals surface area (Å²) in [5.41, 5.74) is 0.979. The molecular formula is C13H24N4O. The van der Waals surface area contributed by atoms with Gasteiger partial charge in [0.15, 0.2) is 0 Å². The molecule has 18 heavy (non-hydrogen) atoms. The molecule has 0 radical (unpaired) electrons. The zero-order valence-corrected chi connectivity index (χ0v) is 11.3. The Bertz CT molecular complexity index is 331. The lowest BCUT2D eigenvalue weighted by atomic mass is 10.1. The molecule has 1 heterocycles. The number of rotatable bonds is 6. The molecule has 1 aliphatic rings. The van der Waals surface area contributed by atoms with Gasteiger partial charge in [0.1, 0.15) is 0 Å². The van der Waals surface area contributed by atoms with Crippen molar-refractivity contribution >= 4 is 0 Å². The van der Waals surface area contributed by atoms with Crippen LogP contribution in [0.1, 0.15) is 44.2 Å². The molecule has 0 aromatic carbocycles. The quantitative estimate of drug-likeness (QED) is 0.784. The highest BCUT2D eigenvalue weighted by Gasteiger charge is 2.12. The SMILES string of the molecule is CNCc1cn(CCOC2CCCCCC2)nn1. The summed E-state index contributed by atoms with van der Waals surface area (Å²) in [6.45, 7) is 2.31. The van der Waals surface area contributed by atoms with Crippen LogP contribution in [0.4, 0.5) is 0 Å². The average molecular weight is 252 g/mol. The molecule has 0 aliphatic heterocycles. The molecule has 0 atom stereocenters. The summed E-state index contributed by atoms with van der Waals surface area (Å²) in [5.74, 6) is 0. The summed E-state index contributed by atoms with van der Waals surface area (Å²) in [6.07, 6.45) is 10.3. The number of nitrogens with zero attached hydrogens (tertiary/aromatic N) is 3. The van der Waals surface area contributed by atoms with Gasteiger partial charge in [-0.25, -0.2) is 4.68 Å². The Morgan fingerprint density at radius 3 is 2.83 bits per heavy atom. The van der Waals surface area contributed by atoms with Gasteiger partial charge in [-0.05, 0) is 19.9 Å². The minimum atomic E-state index is 0.466. The van der Waals surface area contributed by atoms with Gasteiger partial charge < -0.3 is 10.1 Å². The molecule has 0 unspecified atom stereocenters. The summed E-state index contributed by atoms with van der Waals surface area (Å²) >= 11 is 0. The molecule has 1 aromatic rings. The standard InChI is InChI=1S/C13H24N4O/c1-14-10-12-11-17(16-15-12)8-9-18-13-6-4-2-3-5-7-13/h11,13-14H,2-10H2,1H3. The number of ether oxygens (including phenoxy) is 1. The fourth-order valence-corrected chi connectivity index (χ4v) is 2.43. The summed E-state index contributed by atoms with van der Waals surface area (Å²) in [7, 11) is 1.91. The van der Waals surface area contributed by atoms with Gasteiger partial charge in [-0.15, -0.1) is 5.10 Å². The Morgan fingerprint density at radius 2 is 2.11 bits per heavy atom. The minimum Gasteiger partial charge on any atom is -0.376 e. The monoisotopic (exact) mass is 252 g/mol. The van der Waals surface area contributed by atoms with Crippen molar-refractivity contribution in [1.29, 1.82) is 0 Å². The highest BCUT2D eigenvalue weighted by molar-refractivity contribution is 4.90. The highest BCUT2D eigenvalue weighted by Crippen LogP contribution is 2.19. The maximum absolute atomic E-state index is 5.93. The zero-order chi connectivity index (χ0) is 12.6. The van der Waals surface area contributed by atoms with Crippen LogP contribution in [0.5, 0.6) is 0 Å². The first kappa shape index (κ1) is 13.5. The van der Waals surface area contributed by atoms with Crippen molar-refractivity contribution in [3.05, 3.63) is 11.9 Å². The van der Waals surface area contributed by atoms with E-state index in [9.17, 15) is 0 Å². The predicted octanol–water partition coefficient (Wildman–Crippen LogP) is 1.74. The van der Waals surface area contributed by atoms with Crippen LogP contribution >= 0.6 is 0 Å². The smallest absolute Gasteiger partial charge is 0.0964 e. The van der Waals surface area contributed by atoms with E-state index in [1.165, 1.54) is 38.5 Å². The van der Waals surface area contributed by atoms with Crippen LogP contribution in [0.25, 0.3) is 0 Å². The van der Waals surface area contributed by atoms with Gasteiger partial charge in [-0.2, -0.15) is 0 Å². The van der Waals surface area contributed by atoms with Gasteiger partial charge in [-0.1, -0.05) is 30.9 Å². The van der Waals surface area contributed by atoms with Crippen molar-refractivity contribution in [1.82, 2.24) is 20.3 Å². The van der Waals surface area contributed by atoms with Crippen molar-refractivity contribution in [2.75, 3.05) is 13.7 Å². The Balaban J connectivity index is 1.67. The van der Waals surface area contributed by atoms with Gasteiger partial charge >= 0.3 is 0 Å². The fraction of sp³-hybridized carbons (Fsp3) is 0.846. The number of hydrogen-bond donors (Lipinski definition) is 1. The normalized spacial score (nSPS) is 17.8. The molecule has 1 aromatic heterocycles. The minimum absolute atomic E-state index is 0.466. The van der Waals surface area contributed by atoms with Crippen molar-refractivity contribution in [3.8, 4) is 0 Å². The van der Waals surface area contributed by atoms with E-state index in [4.69, 9.17) is 4.74 Å². The van der Waals surface area contributed by atoms with Crippen LogP contribution in [0.2, 0.25) is 0 Å². The van der Waals surface area contributed by atoms with Crippen molar-refractivity contribution < 1.29 is 4.74 Å². The first-order valence-corrected chi connectivity index (χ1v) is 7.03. The van der Waals surface area contributed by atoms with E-state index < -0.39 is 0 Å². The van der Waals surface area contributed by atoms with Crippen LogP contribution in [0.15, 0.2) is 6.20 Å². The summed E-state index contributed by atoms with van der Waals surface area (Å²) in [6, 6.07) is 0. The second kappa shape index (κ2) is 7.48. The highest BCUT2D eigenvalue weighted by atomic mass is 16.5. The van der Waals surface area contributed by atoms with Gasteiger partial charge in [0, 0.05) is 12.7 Å². The number of hydrogen-bond acceptors (Lipinski definition) is 4. The van der Waals surface area contributed by atoms with E-state index in [-0.39, 0.29) is 0 Å². The molecule has 0 saturated heterocycles. The maximum Gasteiger partial charge on any atom is 0.0964 e. The Hall–Kier alpha value is -0.940. The van der Waals surface area contributed by atoms with Crippen LogP contribution in [-0.4, -0.2) is 34.8 Å². The molecule has 0 spiro atoms. The lowest BCUT2D eigenvalue weighted by Crippen LogP contribution is -2.16. The molecule has 2 rings (SSSR count). The van der Waals surface area contributed by atoms with E-state index in [1.807, 2.05) is 17.9 Å². The Kier molecular flexibility index (Phi) is 5.61. The zero-order valence-electron chi connectivity index (χ0n) is 11.3. The van der Waals surface area contributed by atoms with E-state index >= 15 is 0 Å². The van der Waals surface area contributed by atoms with Gasteiger partial charge in [-0.3, -0.25) is 0 Å². The number of nitrogens with one attached hydrogen (secondary N) is 1. The Morgan fingerprint density at radius 1 is 1.33 bits per heavy atom. The van der Waals surface area contributed by atoms with E-state index in [0.717, 1.165) is 25.4 Å². The molecule has 1 saturated carbocycles. The second-order valence-electron chi connectivity index (χ2n) is 4.99. The summed E-state index contributed by atoms with van der Waals surface area (Å²) < 4.78 is 7.80. The Labute approximate surface area is 109 Å². The average Bonchev–Trinajstić information content (AvgIpc) is 2.65. The summed E-state index contributed by atoms with van der Waals surface area (Å²) in [5, 5.41) is 11.2.